The Labute approximate surface area is 150 Å². The molecule has 0 fully saturated rings. The number of sulfone groups is 2. The Bertz CT molecular complexity index is 868. The molecule has 0 spiro atoms. The number of Topliss-reactive ketones (excluding diaryl/α,β-unsaturated/α-hetero) is 1. The monoisotopic (exact) mass is 406 g/mol. The van der Waals surface area contributed by atoms with Crippen molar-refractivity contribution in [1.29, 1.82) is 0 Å². The summed E-state index contributed by atoms with van der Waals surface area (Å²) in [4.78, 5) is 11.8. The molecule has 0 unspecified atom stereocenters. The molecule has 0 atom stereocenters. The topological polar surface area (TPSA) is 85.3 Å². The summed E-state index contributed by atoms with van der Waals surface area (Å²) in [5, 5.41) is 0.705. The van der Waals surface area contributed by atoms with Gasteiger partial charge in [0.1, 0.15) is 11.5 Å². The van der Waals surface area contributed by atoms with Gasteiger partial charge in [-0.1, -0.05) is 23.2 Å². The molecule has 0 bridgehead atoms. The second-order valence-electron chi connectivity index (χ2n) is 4.96. The minimum absolute atomic E-state index is 0.0934. The quantitative estimate of drug-likeness (QED) is 0.735. The van der Waals surface area contributed by atoms with Gasteiger partial charge in [-0.3, -0.25) is 4.79 Å². The molecule has 5 nitrogen and oxygen atoms in total. The molecular formula is C15H12Cl2O5S2. The molecule has 9 heteroatoms. The fraction of sp³-hybridized carbons (Fsp3) is 0.133. The first-order valence-electron chi connectivity index (χ1n) is 6.58. The predicted molar refractivity (Wildman–Crippen MR) is 92.0 cm³/mol. The maximum Gasteiger partial charge on any atom is 0.185 e. The van der Waals surface area contributed by atoms with Crippen molar-refractivity contribution >= 4 is 48.7 Å². The third kappa shape index (κ3) is 4.80. The highest BCUT2D eigenvalue weighted by molar-refractivity contribution is 7.93. The Morgan fingerprint density at radius 3 is 1.25 bits per heavy atom. The van der Waals surface area contributed by atoms with Gasteiger partial charge in [-0.05, 0) is 48.5 Å². The maximum atomic E-state index is 12.1. The second-order valence-corrected chi connectivity index (χ2v) is 9.82. The predicted octanol–water partition coefficient (Wildman–Crippen LogP) is 2.81. The van der Waals surface area contributed by atoms with Gasteiger partial charge >= 0.3 is 0 Å². The number of halogens is 2. The normalized spacial score (nSPS) is 12.1. The molecule has 0 aliphatic heterocycles. The van der Waals surface area contributed by atoms with Gasteiger partial charge in [0.15, 0.2) is 25.5 Å². The zero-order chi connectivity index (χ0) is 18.0. The molecule has 0 N–H and O–H groups in total. The fourth-order valence-electron chi connectivity index (χ4n) is 1.92. The zero-order valence-electron chi connectivity index (χ0n) is 12.1. The molecule has 2 aromatic rings. The van der Waals surface area contributed by atoms with Gasteiger partial charge in [0.25, 0.3) is 0 Å². The van der Waals surface area contributed by atoms with Crippen molar-refractivity contribution in [3.63, 3.8) is 0 Å². The van der Waals surface area contributed by atoms with Crippen LogP contribution in [-0.4, -0.2) is 34.1 Å². The van der Waals surface area contributed by atoms with Gasteiger partial charge in [0, 0.05) is 10.0 Å². The van der Waals surface area contributed by atoms with Crippen LogP contribution >= 0.6 is 23.2 Å². The lowest BCUT2D eigenvalue weighted by Crippen LogP contribution is -2.24. The summed E-state index contributed by atoms with van der Waals surface area (Å²) in [5.74, 6) is -2.72. The van der Waals surface area contributed by atoms with Crippen LogP contribution in [0.3, 0.4) is 0 Å². The minimum atomic E-state index is -3.93. The summed E-state index contributed by atoms with van der Waals surface area (Å²) in [7, 11) is -7.86. The lowest BCUT2D eigenvalue weighted by Gasteiger charge is -2.06. The summed E-state index contributed by atoms with van der Waals surface area (Å²) in [6, 6.07) is 10.6. The summed E-state index contributed by atoms with van der Waals surface area (Å²) in [5.41, 5.74) is 0. The van der Waals surface area contributed by atoms with Crippen molar-refractivity contribution in [3.05, 3.63) is 58.6 Å². The second kappa shape index (κ2) is 7.23. The van der Waals surface area contributed by atoms with Gasteiger partial charge in [0.05, 0.1) is 9.79 Å². The van der Waals surface area contributed by atoms with Crippen molar-refractivity contribution in [2.75, 3.05) is 11.5 Å². The van der Waals surface area contributed by atoms with Gasteiger partial charge in [-0.25, -0.2) is 16.8 Å². The molecule has 2 rings (SSSR count). The van der Waals surface area contributed by atoms with Crippen molar-refractivity contribution in [2.45, 2.75) is 9.79 Å². The van der Waals surface area contributed by atoms with E-state index in [4.69, 9.17) is 23.2 Å². The van der Waals surface area contributed by atoms with Crippen molar-refractivity contribution in [3.8, 4) is 0 Å². The lowest BCUT2D eigenvalue weighted by atomic mass is 10.4. The number of hydrogen-bond acceptors (Lipinski definition) is 5. The number of ketones is 1. The third-order valence-corrected chi connectivity index (χ3v) is 6.94. The van der Waals surface area contributed by atoms with Gasteiger partial charge in [-0.15, -0.1) is 0 Å². The number of hydrogen-bond donors (Lipinski definition) is 0. The molecule has 0 saturated carbocycles. The molecule has 0 saturated heterocycles. The highest BCUT2D eigenvalue weighted by atomic mass is 35.5. The average Bonchev–Trinajstić information content (AvgIpc) is 2.46. The van der Waals surface area contributed by atoms with E-state index < -0.39 is 37.0 Å². The zero-order valence-corrected chi connectivity index (χ0v) is 15.3. The fourth-order valence-corrected chi connectivity index (χ4v) is 4.78. The molecule has 0 amide bonds. The van der Waals surface area contributed by atoms with Crippen molar-refractivity contribution < 1.29 is 21.6 Å². The van der Waals surface area contributed by atoms with Crippen LogP contribution in [0.25, 0.3) is 0 Å². The maximum absolute atomic E-state index is 12.1. The average molecular weight is 407 g/mol. The Morgan fingerprint density at radius 2 is 0.958 bits per heavy atom. The highest BCUT2D eigenvalue weighted by Crippen LogP contribution is 2.18. The van der Waals surface area contributed by atoms with E-state index in [-0.39, 0.29) is 9.79 Å². The van der Waals surface area contributed by atoms with Crippen LogP contribution in [-0.2, 0) is 24.5 Å². The first kappa shape index (κ1) is 18.9. The molecule has 0 aromatic heterocycles. The highest BCUT2D eigenvalue weighted by Gasteiger charge is 2.25. The van der Waals surface area contributed by atoms with E-state index in [1.54, 1.807) is 0 Å². The van der Waals surface area contributed by atoms with E-state index in [2.05, 4.69) is 0 Å². The van der Waals surface area contributed by atoms with E-state index >= 15 is 0 Å². The van der Waals surface area contributed by atoms with Crippen LogP contribution in [0.2, 0.25) is 10.0 Å². The van der Waals surface area contributed by atoms with Crippen LogP contribution in [0.4, 0.5) is 0 Å². The van der Waals surface area contributed by atoms with Crippen molar-refractivity contribution in [2.24, 2.45) is 0 Å². The smallest absolute Gasteiger partial charge is 0.185 e. The molecule has 0 aliphatic carbocycles. The SMILES string of the molecule is O=C(CS(=O)(=O)c1ccc(Cl)cc1)CS(=O)(=O)c1ccc(Cl)cc1. The van der Waals surface area contributed by atoms with Crippen LogP contribution in [0.15, 0.2) is 58.3 Å². The Morgan fingerprint density at radius 1 is 0.667 bits per heavy atom. The molecular weight excluding hydrogens is 395 g/mol. The van der Waals surface area contributed by atoms with Gasteiger partial charge < -0.3 is 0 Å². The summed E-state index contributed by atoms with van der Waals surface area (Å²) in [6.45, 7) is 0. The molecule has 2 aromatic carbocycles. The molecule has 0 aliphatic rings. The van der Waals surface area contributed by atoms with E-state index in [1.807, 2.05) is 0 Å². The Balaban J connectivity index is 2.15. The van der Waals surface area contributed by atoms with E-state index in [0.29, 0.717) is 10.0 Å². The Kier molecular flexibility index (Phi) is 5.70. The van der Waals surface area contributed by atoms with E-state index in [9.17, 15) is 21.6 Å². The van der Waals surface area contributed by atoms with E-state index in [0.717, 1.165) is 0 Å². The van der Waals surface area contributed by atoms with E-state index in [1.165, 1.54) is 48.5 Å². The number of rotatable bonds is 6. The number of carbonyl (C=O) groups excluding carboxylic acids is 1. The van der Waals surface area contributed by atoms with Crippen LogP contribution in [0.5, 0.6) is 0 Å². The summed E-state index contributed by atoms with van der Waals surface area (Å²) < 4.78 is 48.6. The summed E-state index contributed by atoms with van der Waals surface area (Å²) >= 11 is 11.4. The van der Waals surface area contributed by atoms with Crippen molar-refractivity contribution in [1.82, 2.24) is 0 Å². The first-order valence-corrected chi connectivity index (χ1v) is 10.6. The molecule has 128 valence electrons. The van der Waals surface area contributed by atoms with Crippen LogP contribution in [0, 0.1) is 0 Å². The first-order chi connectivity index (χ1) is 11.1. The lowest BCUT2D eigenvalue weighted by molar-refractivity contribution is -0.114. The van der Waals surface area contributed by atoms with Crippen LogP contribution < -0.4 is 0 Å². The molecule has 0 heterocycles. The number of carbonyl (C=O) groups is 1. The minimum Gasteiger partial charge on any atom is -0.297 e. The molecule has 24 heavy (non-hydrogen) atoms. The van der Waals surface area contributed by atoms with Crippen LogP contribution in [0.1, 0.15) is 0 Å². The van der Waals surface area contributed by atoms with Gasteiger partial charge in [-0.2, -0.15) is 0 Å². The largest absolute Gasteiger partial charge is 0.297 e. The van der Waals surface area contributed by atoms with Gasteiger partial charge in [0.2, 0.25) is 0 Å². The Hall–Kier alpha value is -1.41. The molecule has 0 radical (unpaired) electrons. The third-order valence-electron chi connectivity index (χ3n) is 3.05. The summed E-state index contributed by atoms with van der Waals surface area (Å²) in [6.07, 6.45) is 0. The standard InChI is InChI=1S/C15H12Cl2O5S2/c16-11-1-5-14(6-2-11)23(19,20)9-13(18)10-24(21,22)15-7-3-12(17)4-8-15/h1-8H,9-10H2. The number of benzene rings is 2.